The van der Waals surface area contributed by atoms with Gasteiger partial charge < -0.3 is 19.7 Å². The number of carbonyl (C=O) groups is 2. The quantitative estimate of drug-likeness (QED) is 0.522. The second-order valence-corrected chi connectivity index (χ2v) is 8.78. The Morgan fingerprint density at radius 2 is 1.40 bits per heavy atom. The Kier molecular flexibility index (Phi) is 8.28. The third kappa shape index (κ3) is 6.05. The van der Waals surface area contributed by atoms with Crippen LogP contribution in [0.5, 0.6) is 0 Å². The minimum atomic E-state index is -1.50. The molecule has 1 aliphatic carbocycles. The number of carboxylic acid groups (broad SMARTS) is 2. The molecule has 1 aromatic carbocycles. The molecule has 1 saturated carbocycles. The second-order valence-electron chi connectivity index (χ2n) is 8.78. The first kappa shape index (κ1) is 22.8. The van der Waals surface area contributed by atoms with Crippen LogP contribution < -0.4 is 0 Å². The summed E-state index contributed by atoms with van der Waals surface area (Å²) in [5, 5.41) is 18.2. The molecule has 0 bridgehead atoms. The van der Waals surface area contributed by atoms with E-state index in [9.17, 15) is 9.59 Å². The summed E-state index contributed by atoms with van der Waals surface area (Å²) in [7, 11) is 0. The normalized spacial score (nSPS) is 27.2. The van der Waals surface area contributed by atoms with Gasteiger partial charge in [-0.1, -0.05) is 82.6 Å². The van der Waals surface area contributed by atoms with Crippen LogP contribution in [0.4, 0.5) is 0 Å². The Bertz CT molecular complexity index is 670. The first-order valence-electron chi connectivity index (χ1n) is 11.3. The molecule has 2 N–H and O–H groups in total. The van der Waals surface area contributed by atoms with E-state index in [1.807, 2.05) is 24.3 Å². The Morgan fingerprint density at radius 3 is 1.90 bits per heavy atom. The highest BCUT2D eigenvalue weighted by Gasteiger charge is 2.46. The Balaban J connectivity index is 1.40. The number of hydrogen-bond acceptors (Lipinski definition) is 4. The summed E-state index contributed by atoms with van der Waals surface area (Å²) in [4.78, 5) is 22.4. The summed E-state index contributed by atoms with van der Waals surface area (Å²) in [5.41, 5.74) is 1.85. The van der Waals surface area contributed by atoms with Crippen LogP contribution in [0.15, 0.2) is 24.3 Å². The fraction of sp³-hybridized carbons (Fsp3) is 0.667. The van der Waals surface area contributed by atoms with Gasteiger partial charge in [-0.25, -0.2) is 9.59 Å². The van der Waals surface area contributed by atoms with E-state index in [0.717, 1.165) is 24.7 Å². The number of hydrogen-bond donors (Lipinski definition) is 2. The lowest BCUT2D eigenvalue weighted by Gasteiger charge is -2.28. The van der Waals surface area contributed by atoms with Crippen LogP contribution in [0, 0.1) is 11.8 Å². The van der Waals surface area contributed by atoms with Crippen LogP contribution in [0.1, 0.15) is 82.1 Å². The molecular formula is C24H34O6. The van der Waals surface area contributed by atoms with E-state index in [2.05, 4.69) is 6.92 Å². The molecule has 2 aliphatic rings. The molecule has 6 nitrogen and oxygen atoms in total. The minimum absolute atomic E-state index is 0.637. The summed E-state index contributed by atoms with van der Waals surface area (Å²) in [6, 6.07) is 7.64. The number of aliphatic carboxylic acids is 2. The molecule has 1 aliphatic heterocycles. The van der Waals surface area contributed by atoms with Gasteiger partial charge in [-0.05, 0) is 30.2 Å². The van der Waals surface area contributed by atoms with E-state index < -0.39 is 30.4 Å². The molecule has 0 unspecified atom stereocenters. The molecule has 6 heteroatoms. The maximum Gasteiger partial charge on any atom is 0.336 e. The zero-order chi connectivity index (χ0) is 21.5. The van der Waals surface area contributed by atoms with Crippen molar-refractivity contribution in [3.8, 4) is 0 Å². The van der Waals surface area contributed by atoms with Crippen molar-refractivity contribution in [2.45, 2.75) is 89.6 Å². The fourth-order valence-corrected chi connectivity index (χ4v) is 4.79. The average molecular weight is 419 g/mol. The number of unbranched alkanes of at least 4 members (excludes halogenated alkanes) is 1. The van der Waals surface area contributed by atoms with Crippen molar-refractivity contribution in [2.24, 2.45) is 11.8 Å². The van der Waals surface area contributed by atoms with Gasteiger partial charge in [-0.3, -0.25) is 0 Å². The number of rotatable bonds is 10. The van der Waals surface area contributed by atoms with Gasteiger partial charge in [0, 0.05) is 5.56 Å². The largest absolute Gasteiger partial charge is 0.479 e. The van der Waals surface area contributed by atoms with Crippen molar-refractivity contribution >= 4 is 11.9 Å². The average Bonchev–Trinajstić information content (AvgIpc) is 3.19. The fourth-order valence-electron chi connectivity index (χ4n) is 4.79. The molecule has 0 radical (unpaired) electrons. The Morgan fingerprint density at radius 1 is 0.867 bits per heavy atom. The third-order valence-electron chi connectivity index (χ3n) is 6.55. The van der Waals surface area contributed by atoms with Gasteiger partial charge in [0.2, 0.25) is 0 Å². The van der Waals surface area contributed by atoms with Crippen molar-refractivity contribution in [1.29, 1.82) is 0 Å². The highest BCUT2D eigenvalue weighted by Crippen LogP contribution is 2.34. The van der Waals surface area contributed by atoms with Crippen LogP contribution in [0.25, 0.3) is 0 Å². The molecular weight excluding hydrogens is 384 g/mol. The van der Waals surface area contributed by atoms with Crippen LogP contribution in [0.3, 0.4) is 0 Å². The molecule has 1 saturated heterocycles. The zero-order valence-corrected chi connectivity index (χ0v) is 17.8. The van der Waals surface area contributed by atoms with Gasteiger partial charge in [0.1, 0.15) is 0 Å². The lowest BCUT2D eigenvalue weighted by atomic mass is 9.78. The van der Waals surface area contributed by atoms with E-state index in [1.165, 1.54) is 56.9 Å². The maximum atomic E-state index is 11.2. The highest BCUT2D eigenvalue weighted by atomic mass is 16.7. The summed E-state index contributed by atoms with van der Waals surface area (Å²) < 4.78 is 10.6. The molecule has 2 fully saturated rings. The second kappa shape index (κ2) is 10.9. The predicted octanol–water partition coefficient (Wildman–Crippen LogP) is 4.96. The van der Waals surface area contributed by atoms with Gasteiger partial charge >= 0.3 is 11.9 Å². The van der Waals surface area contributed by atoms with Gasteiger partial charge in [-0.15, -0.1) is 0 Å². The SMILES string of the molecule is CCCC1CCC(CCCCc2ccc(C3O[C@@H](C(=O)O)[C@H](C(=O)O)O3)cc2)CC1. The maximum absolute atomic E-state index is 11.2. The molecule has 1 heterocycles. The highest BCUT2D eigenvalue weighted by molar-refractivity contribution is 5.84. The minimum Gasteiger partial charge on any atom is -0.479 e. The summed E-state index contributed by atoms with van der Waals surface area (Å²) in [6.07, 6.45) is 9.12. The molecule has 166 valence electrons. The number of aryl methyl sites for hydroxylation is 1. The Hall–Kier alpha value is -1.92. The summed E-state index contributed by atoms with van der Waals surface area (Å²) in [5.74, 6) is -0.795. The van der Waals surface area contributed by atoms with Crippen molar-refractivity contribution < 1.29 is 29.3 Å². The zero-order valence-electron chi connectivity index (χ0n) is 17.8. The molecule has 0 aromatic heterocycles. The molecule has 2 atom stereocenters. The van der Waals surface area contributed by atoms with Gasteiger partial charge in [0.25, 0.3) is 0 Å². The molecule has 1 aromatic rings. The van der Waals surface area contributed by atoms with Gasteiger partial charge in [-0.2, -0.15) is 0 Å². The lowest BCUT2D eigenvalue weighted by Crippen LogP contribution is -2.36. The van der Waals surface area contributed by atoms with Crippen molar-refractivity contribution in [3.05, 3.63) is 35.4 Å². The molecule has 0 spiro atoms. The standard InChI is InChI=1S/C24H34O6/c1-2-5-16-8-10-17(11-9-16)6-3-4-7-18-12-14-19(15-13-18)24-29-20(22(25)26)21(30-24)23(27)28/h12-17,20-21,24H,2-11H2,1H3,(H,25,26)(H,27,28)/t16?,17?,20-,21-/m1/s1. The topological polar surface area (TPSA) is 93.1 Å². The lowest BCUT2D eigenvalue weighted by molar-refractivity contribution is -0.156. The summed E-state index contributed by atoms with van der Waals surface area (Å²) >= 11 is 0. The van der Waals surface area contributed by atoms with Crippen molar-refractivity contribution in [1.82, 2.24) is 0 Å². The number of carboxylic acids is 2. The van der Waals surface area contributed by atoms with E-state index in [1.54, 1.807) is 0 Å². The first-order chi connectivity index (χ1) is 14.5. The monoisotopic (exact) mass is 418 g/mol. The molecule has 3 rings (SSSR count). The van der Waals surface area contributed by atoms with Crippen LogP contribution in [0.2, 0.25) is 0 Å². The van der Waals surface area contributed by atoms with Gasteiger partial charge in [0.05, 0.1) is 0 Å². The number of ether oxygens (including phenoxy) is 2. The van der Waals surface area contributed by atoms with Crippen molar-refractivity contribution in [3.63, 3.8) is 0 Å². The third-order valence-corrected chi connectivity index (χ3v) is 6.55. The van der Waals surface area contributed by atoms with E-state index in [4.69, 9.17) is 19.7 Å². The Labute approximate surface area is 178 Å². The van der Waals surface area contributed by atoms with E-state index in [-0.39, 0.29) is 0 Å². The summed E-state index contributed by atoms with van der Waals surface area (Å²) in [6.45, 7) is 2.28. The molecule has 30 heavy (non-hydrogen) atoms. The smallest absolute Gasteiger partial charge is 0.336 e. The van der Waals surface area contributed by atoms with E-state index in [0.29, 0.717) is 5.56 Å². The first-order valence-corrected chi connectivity index (χ1v) is 11.3. The predicted molar refractivity (Wildman–Crippen MR) is 112 cm³/mol. The molecule has 0 amide bonds. The van der Waals surface area contributed by atoms with Crippen LogP contribution in [-0.2, 0) is 25.5 Å². The van der Waals surface area contributed by atoms with E-state index >= 15 is 0 Å². The van der Waals surface area contributed by atoms with Crippen molar-refractivity contribution in [2.75, 3.05) is 0 Å². The van der Waals surface area contributed by atoms with Crippen LogP contribution in [-0.4, -0.2) is 34.4 Å². The number of benzene rings is 1. The van der Waals surface area contributed by atoms with Gasteiger partial charge in [0.15, 0.2) is 18.5 Å². The van der Waals surface area contributed by atoms with Crippen LogP contribution >= 0.6 is 0 Å².